The van der Waals surface area contributed by atoms with Gasteiger partial charge in [0.25, 0.3) is 11.8 Å². The van der Waals surface area contributed by atoms with E-state index in [1.165, 1.54) is 0 Å². The van der Waals surface area contributed by atoms with Crippen molar-refractivity contribution in [2.75, 3.05) is 5.43 Å². The highest BCUT2D eigenvalue weighted by Crippen LogP contribution is 2.18. The Labute approximate surface area is 106 Å². The van der Waals surface area contributed by atoms with Crippen molar-refractivity contribution in [1.29, 1.82) is 0 Å². The van der Waals surface area contributed by atoms with Gasteiger partial charge in [-0.05, 0) is 12.1 Å². The number of carbonyl (C=O) groups is 2. The van der Waals surface area contributed by atoms with Crippen LogP contribution in [0.5, 0.6) is 0 Å². The molecule has 2 amide bonds. The summed E-state index contributed by atoms with van der Waals surface area (Å²) < 4.78 is 0. The summed E-state index contributed by atoms with van der Waals surface area (Å²) in [4.78, 5) is 40.6. The quantitative estimate of drug-likeness (QED) is 0.747. The molecule has 0 saturated carbocycles. The third-order valence-corrected chi connectivity index (χ3v) is 2.66. The fraction of sp³-hybridized carbons (Fsp3) is 0. The van der Waals surface area contributed by atoms with Crippen molar-refractivity contribution in [3.63, 3.8) is 0 Å². The number of imide groups is 1. The maximum Gasteiger partial charge on any atom is 0.347 e. The lowest BCUT2D eigenvalue weighted by atomic mass is 10.2. The van der Waals surface area contributed by atoms with E-state index >= 15 is 0 Å². The first-order valence-corrected chi connectivity index (χ1v) is 5.47. The Hall–Kier alpha value is -2.96. The molecule has 0 spiro atoms. The van der Waals surface area contributed by atoms with Crippen LogP contribution in [-0.2, 0) is 9.59 Å². The first kappa shape index (κ1) is 11.1. The van der Waals surface area contributed by atoms with E-state index in [9.17, 15) is 14.4 Å². The van der Waals surface area contributed by atoms with Gasteiger partial charge in [0.05, 0.1) is 5.52 Å². The molecular formula is C12H8N4O3. The zero-order valence-electron chi connectivity index (χ0n) is 9.58. The zero-order chi connectivity index (χ0) is 13.4. The molecule has 1 aromatic carbocycles. The first-order chi connectivity index (χ1) is 9.15. The number of carbonyl (C=O) groups excluding carboxylic acids is 2. The van der Waals surface area contributed by atoms with Gasteiger partial charge in [-0.2, -0.15) is 9.99 Å². The van der Waals surface area contributed by atoms with Gasteiger partial charge in [-0.25, -0.2) is 4.79 Å². The number of hydrogen-bond acceptors (Lipinski definition) is 5. The van der Waals surface area contributed by atoms with Crippen molar-refractivity contribution < 1.29 is 9.59 Å². The van der Waals surface area contributed by atoms with E-state index in [1.54, 1.807) is 24.3 Å². The average molecular weight is 256 g/mol. The molecule has 2 heterocycles. The van der Waals surface area contributed by atoms with Crippen LogP contribution in [0, 0.1) is 0 Å². The Balaban J connectivity index is 2.08. The minimum absolute atomic E-state index is 0.157. The summed E-state index contributed by atoms with van der Waals surface area (Å²) in [7, 11) is 0. The van der Waals surface area contributed by atoms with Crippen molar-refractivity contribution in [3.05, 3.63) is 46.9 Å². The number of benzene rings is 1. The van der Waals surface area contributed by atoms with Gasteiger partial charge < -0.3 is 4.98 Å². The van der Waals surface area contributed by atoms with Crippen molar-refractivity contribution in [1.82, 2.24) is 15.0 Å². The average Bonchev–Trinajstić information content (AvgIpc) is 2.70. The number of hydrazine groups is 1. The lowest BCUT2D eigenvalue weighted by molar-refractivity contribution is -0.135. The molecule has 19 heavy (non-hydrogen) atoms. The summed E-state index contributed by atoms with van der Waals surface area (Å²) in [5.74, 6) is -0.850. The highest BCUT2D eigenvalue weighted by Gasteiger charge is 2.24. The molecule has 0 atom stereocenters. The SMILES string of the molecule is O=C1C=CC(=O)N1Nc1nc(=O)[nH]c2ccccc12. The number of anilines is 1. The molecule has 0 aliphatic carbocycles. The van der Waals surface area contributed by atoms with Crippen LogP contribution in [0.4, 0.5) is 5.82 Å². The van der Waals surface area contributed by atoms with Gasteiger partial charge in [-0.15, -0.1) is 0 Å². The van der Waals surface area contributed by atoms with Crippen molar-refractivity contribution in [3.8, 4) is 0 Å². The van der Waals surface area contributed by atoms with Crippen molar-refractivity contribution in [2.24, 2.45) is 0 Å². The van der Waals surface area contributed by atoms with Crippen molar-refractivity contribution >= 4 is 28.5 Å². The Morgan fingerprint density at radius 3 is 2.47 bits per heavy atom. The maximum atomic E-state index is 11.5. The van der Waals surface area contributed by atoms with Crippen LogP contribution in [0.15, 0.2) is 41.2 Å². The van der Waals surface area contributed by atoms with Gasteiger partial charge in [0, 0.05) is 17.5 Å². The smallest absolute Gasteiger partial charge is 0.305 e. The number of fused-ring (bicyclic) bond motifs is 1. The minimum Gasteiger partial charge on any atom is -0.305 e. The molecule has 3 rings (SSSR count). The summed E-state index contributed by atoms with van der Waals surface area (Å²) in [5.41, 5.74) is 2.57. The topological polar surface area (TPSA) is 95.2 Å². The number of amides is 2. The molecule has 0 radical (unpaired) electrons. The number of nitrogens with zero attached hydrogens (tertiary/aromatic N) is 2. The molecule has 7 heteroatoms. The van der Waals surface area contributed by atoms with Crippen LogP contribution in [0.25, 0.3) is 10.9 Å². The zero-order valence-corrected chi connectivity index (χ0v) is 9.58. The number of para-hydroxylation sites is 1. The minimum atomic E-state index is -0.562. The van der Waals surface area contributed by atoms with Crippen LogP contribution in [0.3, 0.4) is 0 Å². The maximum absolute atomic E-state index is 11.5. The highest BCUT2D eigenvalue weighted by molar-refractivity contribution is 6.14. The molecule has 94 valence electrons. The number of H-pyrrole nitrogens is 1. The fourth-order valence-electron chi connectivity index (χ4n) is 1.81. The summed E-state index contributed by atoms with van der Waals surface area (Å²) in [6.45, 7) is 0. The van der Waals surface area contributed by atoms with Crippen LogP contribution in [0.2, 0.25) is 0 Å². The van der Waals surface area contributed by atoms with Crippen LogP contribution < -0.4 is 11.1 Å². The second kappa shape index (κ2) is 4.05. The third-order valence-electron chi connectivity index (χ3n) is 2.66. The molecular weight excluding hydrogens is 248 g/mol. The molecule has 0 fully saturated rings. The predicted octanol–water partition coefficient (Wildman–Crippen LogP) is 0.175. The standard InChI is InChI=1S/C12H8N4O3/c17-9-5-6-10(18)16(9)15-11-7-3-1-2-4-8(7)13-12(19)14-11/h1-6H,(H2,13,14,15,19). The third kappa shape index (κ3) is 1.86. The van der Waals surface area contributed by atoms with Gasteiger partial charge in [0.1, 0.15) is 0 Å². The molecule has 2 N–H and O–H groups in total. The van der Waals surface area contributed by atoms with E-state index in [1.807, 2.05) is 0 Å². The molecule has 0 bridgehead atoms. The number of nitrogens with one attached hydrogen (secondary N) is 2. The number of rotatable bonds is 2. The van der Waals surface area contributed by atoms with Crippen LogP contribution in [-0.4, -0.2) is 26.8 Å². The number of aromatic amines is 1. The van der Waals surface area contributed by atoms with E-state index in [-0.39, 0.29) is 5.82 Å². The molecule has 1 aromatic heterocycles. The van der Waals surface area contributed by atoms with E-state index in [0.717, 1.165) is 17.2 Å². The van der Waals surface area contributed by atoms with Gasteiger partial charge in [0.15, 0.2) is 5.82 Å². The van der Waals surface area contributed by atoms with E-state index in [2.05, 4.69) is 15.4 Å². The molecule has 2 aromatic rings. The van der Waals surface area contributed by atoms with Gasteiger partial charge in [-0.3, -0.25) is 15.0 Å². The van der Waals surface area contributed by atoms with Gasteiger partial charge in [0.2, 0.25) is 0 Å². The molecule has 7 nitrogen and oxygen atoms in total. The lowest BCUT2D eigenvalue weighted by Crippen LogP contribution is -2.36. The summed E-state index contributed by atoms with van der Waals surface area (Å²) in [5, 5.41) is 1.41. The van der Waals surface area contributed by atoms with E-state index < -0.39 is 17.5 Å². The Morgan fingerprint density at radius 1 is 1.05 bits per heavy atom. The first-order valence-electron chi connectivity index (χ1n) is 5.47. The largest absolute Gasteiger partial charge is 0.347 e. The highest BCUT2D eigenvalue weighted by atomic mass is 16.2. The van der Waals surface area contributed by atoms with Crippen LogP contribution >= 0.6 is 0 Å². The van der Waals surface area contributed by atoms with Gasteiger partial charge in [-0.1, -0.05) is 12.1 Å². The number of hydrogen-bond donors (Lipinski definition) is 2. The predicted molar refractivity (Wildman–Crippen MR) is 67.0 cm³/mol. The summed E-state index contributed by atoms with van der Waals surface area (Å²) in [6, 6.07) is 6.95. The Morgan fingerprint density at radius 2 is 1.74 bits per heavy atom. The summed E-state index contributed by atoms with van der Waals surface area (Å²) in [6.07, 6.45) is 2.29. The van der Waals surface area contributed by atoms with E-state index in [0.29, 0.717) is 10.9 Å². The summed E-state index contributed by atoms with van der Waals surface area (Å²) >= 11 is 0. The fourth-order valence-corrected chi connectivity index (χ4v) is 1.81. The second-order valence-electron chi connectivity index (χ2n) is 3.89. The van der Waals surface area contributed by atoms with E-state index in [4.69, 9.17) is 0 Å². The second-order valence-corrected chi connectivity index (χ2v) is 3.89. The Kier molecular flexibility index (Phi) is 2.38. The van der Waals surface area contributed by atoms with Crippen molar-refractivity contribution in [2.45, 2.75) is 0 Å². The lowest BCUT2D eigenvalue weighted by Gasteiger charge is -2.16. The molecule has 1 aliphatic heterocycles. The molecule has 1 aliphatic rings. The number of aromatic nitrogens is 2. The molecule has 0 unspecified atom stereocenters. The Bertz CT molecular complexity index is 760. The van der Waals surface area contributed by atoms with Crippen LogP contribution in [0.1, 0.15) is 0 Å². The molecule has 0 saturated heterocycles. The van der Waals surface area contributed by atoms with Gasteiger partial charge >= 0.3 is 5.69 Å². The monoisotopic (exact) mass is 256 g/mol. The normalized spacial score (nSPS) is 14.4.